The zero-order chi connectivity index (χ0) is 13.1. The van der Waals surface area contributed by atoms with E-state index in [0.29, 0.717) is 21.9 Å². The van der Waals surface area contributed by atoms with Crippen LogP contribution in [0.5, 0.6) is 5.75 Å². The van der Waals surface area contributed by atoms with Gasteiger partial charge >= 0.3 is 0 Å². The highest BCUT2D eigenvalue weighted by Gasteiger charge is 2.14. The Hall–Kier alpha value is -1.80. The topological polar surface area (TPSA) is 26.3 Å². The van der Waals surface area contributed by atoms with E-state index in [1.54, 1.807) is 24.3 Å². The number of halogens is 1. The SMILES string of the molecule is COc1ccc(Cl)cc1C(=O)c1cccc(C)c1. The lowest BCUT2D eigenvalue weighted by atomic mass is 10.0. The molecule has 0 saturated carbocycles. The highest BCUT2D eigenvalue weighted by molar-refractivity contribution is 6.31. The van der Waals surface area contributed by atoms with Gasteiger partial charge in [0, 0.05) is 10.6 Å². The summed E-state index contributed by atoms with van der Waals surface area (Å²) in [4.78, 5) is 12.4. The van der Waals surface area contributed by atoms with Crippen molar-refractivity contribution in [2.75, 3.05) is 7.11 Å². The van der Waals surface area contributed by atoms with Gasteiger partial charge in [-0.25, -0.2) is 0 Å². The average Bonchev–Trinajstić information content (AvgIpc) is 2.38. The van der Waals surface area contributed by atoms with Gasteiger partial charge in [-0.1, -0.05) is 35.4 Å². The molecule has 0 bridgehead atoms. The first-order valence-corrected chi connectivity index (χ1v) is 5.94. The Morgan fingerprint density at radius 1 is 1.17 bits per heavy atom. The molecule has 2 aromatic rings. The Morgan fingerprint density at radius 2 is 1.94 bits per heavy atom. The molecule has 0 radical (unpaired) electrons. The Kier molecular flexibility index (Phi) is 3.68. The van der Waals surface area contributed by atoms with Gasteiger partial charge < -0.3 is 4.74 Å². The number of aryl methyl sites for hydroxylation is 1. The van der Waals surface area contributed by atoms with Crippen LogP contribution < -0.4 is 4.74 Å². The van der Waals surface area contributed by atoms with Crippen LogP contribution in [0.25, 0.3) is 0 Å². The second-order valence-electron chi connectivity index (χ2n) is 4.04. The summed E-state index contributed by atoms with van der Waals surface area (Å²) < 4.78 is 5.19. The maximum Gasteiger partial charge on any atom is 0.196 e. The second-order valence-corrected chi connectivity index (χ2v) is 4.48. The minimum Gasteiger partial charge on any atom is -0.496 e. The van der Waals surface area contributed by atoms with Crippen molar-refractivity contribution in [3.05, 3.63) is 64.2 Å². The molecule has 0 N–H and O–H groups in total. The first kappa shape index (κ1) is 12.7. The number of methoxy groups -OCH3 is 1. The van der Waals surface area contributed by atoms with Crippen LogP contribution in [0.1, 0.15) is 21.5 Å². The number of benzene rings is 2. The molecule has 0 atom stereocenters. The number of hydrogen-bond acceptors (Lipinski definition) is 2. The molecular formula is C15H13ClO2. The van der Waals surface area contributed by atoms with Crippen molar-refractivity contribution in [2.24, 2.45) is 0 Å². The first-order chi connectivity index (χ1) is 8.61. The quantitative estimate of drug-likeness (QED) is 0.783. The van der Waals surface area contributed by atoms with E-state index in [4.69, 9.17) is 16.3 Å². The fourth-order valence-electron chi connectivity index (χ4n) is 1.80. The summed E-state index contributed by atoms with van der Waals surface area (Å²) in [6.07, 6.45) is 0. The number of ether oxygens (including phenoxy) is 1. The van der Waals surface area contributed by atoms with Crippen LogP contribution in [-0.2, 0) is 0 Å². The highest BCUT2D eigenvalue weighted by atomic mass is 35.5. The van der Waals surface area contributed by atoms with Gasteiger partial charge in [0.2, 0.25) is 0 Å². The molecule has 0 aliphatic carbocycles. The van der Waals surface area contributed by atoms with Crippen LogP contribution in [0.4, 0.5) is 0 Å². The van der Waals surface area contributed by atoms with Gasteiger partial charge in [0.25, 0.3) is 0 Å². The van der Waals surface area contributed by atoms with Crippen molar-refractivity contribution in [3.8, 4) is 5.75 Å². The molecule has 0 aromatic heterocycles. The standard InChI is InChI=1S/C15H13ClO2/c1-10-4-3-5-11(8-10)15(17)13-9-12(16)6-7-14(13)18-2/h3-9H,1-2H3. The van der Waals surface area contributed by atoms with Gasteiger partial charge in [-0.3, -0.25) is 4.79 Å². The van der Waals surface area contributed by atoms with Gasteiger partial charge in [0.15, 0.2) is 5.78 Å². The molecule has 0 aliphatic heterocycles. The molecule has 0 fully saturated rings. The Bertz CT molecular complexity index is 591. The Balaban J connectivity index is 2.48. The molecule has 2 rings (SSSR count). The monoisotopic (exact) mass is 260 g/mol. The van der Waals surface area contributed by atoms with Crippen LogP contribution in [0.2, 0.25) is 5.02 Å². The number of carbonyl (C=O) groups is 1. The van der Waals surface area contributed by atoms with E-state index in [1.807, 2.05) is 25.1 Å². The lowest BCUT2D eigenvalue weighted by Crippen LogP contribution is -2.04. The normalized spacial score (nSPS) is 10.2. The van der Waals surface area contributed by atoms with Crippen molar-refractivity contribution in [1.82, 2.24) is 0 Å². The zero-order valence-electron chi connectivity index (χ0n) is 10.2. The third-order valence-corrected chi connectivity index (χ3v) is 2.92. The lowest BCUT2D eigenvalue weighted by molar-refractivity contribution is 0.103. The van der Waals surface area contributed by atoms with Gasteiger partial charge in [-0.05, 0) is 31.2 Å². The molecular weight excluding hydrogens is 248 g/mol. The van der Waals surface area contributed by atoms with E-state index < -0.39 is 0 Å². The second kappa shape index (κ2) is 5.23. The maximum atomic E-state index is 12.4. The number of rotatable bonds is 3. The molecule has 0 heterocycles. The molecule has 0 amide bonds. The van der Waals surface area contributed by atoms with Crippen molar-refractivity contribution >= 4 is 17.4 Å². The summed E-state index contributed by atoms with van der Waals surface area (Å²) in [6, 6.07) is 12.5. The van der Waals surface area contributed by atoms with E-state index in [-0.39, 0.29) is 5.78 Å². The van der Waals surface area contributed by atoms with Gasteiger partial charge in [0.1, 0.15) is 5.75 Å². The van der Waals surface area contributed by atoms with Gasteiger partial charge in [-0.15, -0.1) is 0 Å². The predicted octanol–water partition coefficient (Wildman–Crippen LogP) is 3.89. The Labute approximate surface area is 111 Å². The van der Waals surface area contributed by atoms with Crippen LogP contribution in [0.15, 0.2) is 42.5 Å². The highest BCUT2D eigenvalue weighted by Crippen LogP contribution is 2.25. The first-order valence-electron chi connectivity index (χ1n) is 5.56. The van der Waals surface area contributed by atoms with E-state index in [9.17, 15) is 4.79 Å². The molecule has 3 heteroatoms. The number of hydrogen-bond donors (Lipinski definition) is 0. The van der Waals surface area contributed by atoms with E-state index in [0.717, 1.165) is 5.56 Å². The molecule has 2 aromatic carbocycles. The summed E-state index contributed by atoms with van der Waals surface area (Å²) in [5, 5.41) is 0.520. The minimum atomic E-state index is -0.0851. The molecule has 0 unspecified atom stereocenters. The van der Waals surface area contributed by atoms with Crippen molar-refractivity contribution < 1.29 is 9.53 Å². The van der Waals surface area contributed by atoms with E-state index >= 15 is 0 Å². The van der Waals surface area contributed by atoms with E-state index in [1.165, 1.54) is 7.11 Å². The molecule has 0 saturated heterocycles. The number of carbonyl (C=O) groups excluding carboxylic acids is 1. The van der Waals surface area contributed by atoms with Gasteiger partial charge in [-0.2, -0.15) is 0 Å². The summed E-state index contributed by atoms with van der Waals surface area (Å²) in [5.41, 5.74) is 2.16. The molecule has 0 spiro atoms. The molecule has 18 heavy (non-hydrogen) atoms. The summed E-state index contributed by atoms with van der Waals surface area (Å²) >= 11 is 5.93. The van der Waals surface area contributed by atoms with Crippen molar-refractivity contribution in [2.45, 2.75) is 6.92 Å². The van der Waals surface area contributed by atoms with E-state index in [2.05, 4.69) is 0 Å². The zero-order valence-corrected chi connectivity index (χ0v) is 11.0. The third kappa shape index (κ3) is 2.54. The minimum absolute atomic E-state index is 0.0851. The smallest absolute Gasteiger partial charge is 0.196 e. The lowest BCUT2D eigenvalue weighted by Gasteiger charge is -2.08. The Morgan fingerprint density at radius 3 is 2.61 bits per heavy atom. The molecule has 0 aliphatic rings. The fraction of sp³-hybridized carbons (Fsp3) is 0.133. The maximum absolute atomic E-state index is 12.4. The summed E-state index contributed by atoms with van der Waals surface area (Å²) in [6.45, 7) is 1.95. The number of ketones is 1. The third-order valence-electron chi connectivity index (χ3n) is 2.69. The predicted molar refractivity (Wildman–Crippen MR) is 72.6 cm³/mol. The fourth-order valence-corrected chi connectivity index (χ4v) is 1.97. The summed E-state index contributed by atoms with van der Waals surface area (Å²) in [7, 11) is 1.54. The van der Waals surface area contributed by atoms with Crippen LogP contribution in [0.3, 0.4) is 0 Å². The van der Waals surface area contributed by atoms with Crippen LogP contribution >= 0.6 is 11.6 Å². The molecule has 92 valence electrons. The largest absolute Gasteiger partial charge is 0.496 e. The van der Waals surface area contributed by atoms with Crippen LogP contribution in [0, 0.1) is 6.92 Å². The van der Waals surface area contributed by atoms with Crippen molar-refractivity contribution in [1.29, 1.82) is 0 Å². The summed E-state index contributed by atoms with van der Waals surface area (Å²) in [5.74, 6) is 0.448. The van der Waals surface area contributed by atoms with Gasteiger partial charge in [0.05, 0.1) is 12.7 Å². The van der Waals surface area contributed by atoms with Crippen LogP contribution in [-0.4, -0.2) is 12.9 Å². The molecule has 2 nitrogen and oxygen atoms in total. The average molecular weight is 261 g/mol. The van der Waals surface area contributed by atoms with Crippen molar-refractivity contribution in [3.63, 3.8) is 0 Å².